The SMILES string of the molecule is C[C@H](Cl)[C@@H](NC(=O)[C@@H]1CC[C@H](CCCCF)CCN1)[C@H]1OC(CNC=O)[C@H](O)C(O)C1O. The second kappa shape index (κ2) is 13.6. The molecule has 2 fully saturated rings. The summed E-state index contributed by atoms with van der Waals surface area (Å²) in [5.41, 5.74) is 0. The van der Waals surface area contributed by atoms with Crippen LogP contribution in [0.25, 0.3) is 0 Å². The van der Waals surface area contributed by atoms with Gasteiger partial charge in [-0.25, -0.2) is 0 Å². The van der Waals surface area contributed by atoms with E-state index in [0.29, 0.717) is 31.7 Å². The molecule has 3 unspecified atom stereocenters. The molecule has 9 nitrogen and oxygen atoms in total. The maximum Gasteiger partial charge on any atom is 0.237 e. The van der Waals surface area contributed by atoms with E-state index in [0.717, 1.165) is 25.7 Å². The third-order valence-electron chi connectivity index (χ3n) is 6.43. The molecule has 0 spiro atoms. The van der Waals surface area contributed by atoms with Crippen LogP contribution >= 0.6 is 11.6 Å². The number of aliphatic hydroxyl groups excluding tert-OH is 3. The minimum atomic E-state index is -1.52. The van der Waals surface area contributed by atoms with Crippen molar-refractivity contribution in [2.45, 2.75) is 93.4 Å². The van der Waals surface area contributed by atoms with Crippen molar-refractivity contribution in [3.8, 4) is 0 Å². The highest BCUT2D eigenvalue weighted by atomic mass is 35.5. The van der Waals surface area contributed by atoms with Crippen molar-refractivity contribution >= 4 is 23.9 Å². The van der Waals surface area contributed by atoms with Crippen molar-refractivity contribution in [2.75, 3.05) is 19.8 Å². The van der Waals surface area contributed by atoms with Gasteiger partial charge in [0, 0.05) is 6.54 Å². The van der Waals surface area contributed by atoms with E-state index in [1.54, 1.807) is 6.92 Å². The second-order valence-corrected chi connectivity index (χ2v) is 9.46. The Balaban J connectivity index is 2.00. The summed E-state index contributed by atoms with van der Waals surface area (Å²) in [6.07, 6.45) is -1.28. The van der Waals surface area contributed by atoms with Gasteiger partial charge in [-0.05, 0) is 45.1 Å². The smallest absolute Gasteiger partial charge is 0.237 e. The van der Waals surface area contributed by atoms with Crippen LogP contribution in [0.5, 0.6) is 0 Å². The van der Waals surface area contributed by atoms with E-state index in [4.69, 9.17) is 16.3 Å². The molecule has 0 aliphatic carbocycles. The number of halogens is 2. The maximum absolute atomic E-state index is 13.0. The van der Waals surface area contributed by atoms with Gasteiger partial charge in [0.2, 0.25) is 12.3 Å². The van der Waals surface area contributed by atoms with Gasteiger partial charge in [0.1, 0.15) is 30.5 Å². The fourth-order valence-electron chi connectivity index (χ4n) is 4.48. The van der Waals surface area contributed by atoms with Crippen LogP contribution in [0.1, 0.15) is 45.4 Å². The highest BCUT2D eigenvalue weighted by Gasteiger charge is 2.48. The van der Waals surface area contributed by atoms with Crippen LogP contribution in [0.2, 0.25) is 0 Å². The van der Waals surface area contributed by atoms with E-state index < -0.39 is 48.0 Å². The number of aliphatic hydroxyl groups is 3. The van der Waals surface area contributed by atoms with E-state index in [-0.39, 0.29) is 19.1 Å². The van der Waals surface area contributed by atoms with Crippen LogP contribution in [0.15, 0.2) is 0 Å². The first-order valence-corrected chi connectivity index (χ1v) is 11.8. The molecule has 2 aliphatic heterocycles. The molecule has 186 valence electrons. The summed E-state index contributed by atoms with van der Waals surface area (Å²) in [5, 5.41) is 38.7. The first-order chi connectivity index (χ1) is 15.3. The van der Waals surface area contributed by atoms with Crippen molar-refractivity contribution in [1.29, 1.82) is 0 Å². The number of alkyl halides is 2. The van der Waals surface area contributed by atoms with Crippen LogP contribution in [0.3, 0.4) is 0 Å². The lowest BCUT2D eigenvalue weighted by atomic mass is 9.89. The third-order valence-corrected chi connectivity index (χ3v) is 6.70. The van der Waals surface area contributed by atoms with Gasteiger partial charge in [-0.2, -0.15) is 0 Å². The van der Waals surface area contributed by atoms with Gasteiger partial charge in [0.05, 0.1) is 24.1 Å². The van der Waals surface area contributed by atoms with Crippen molar-refractivity contribution in [3.63, 3.8) is 0 Å². The van der Waals surface area contributed by atoms with Crippen molar-refractivity contribution in [1.82, 2.24) is 16.0 Å². The highest BCUT2D eigenvalue weighted by Crippen LogP contribution is 2.27. The number of rotatable bonds is 11. The summed E-state index contributed by atoms with van der Waals surface area (Å²) in [6.45, 7) is 1.93. The molecule has 2 heterocycles. The normalized spacial score (nSPS) is 35.4. The molecule has 2 aliphatic rings. The Hall–Kier alpha value is -1.04. The molecule has 0 bridgehead atoms. The number of amides is 2. The minimum Gasteiger partial charge on any atom is -0.388 e. The molecule has 0 aromatic heterocycles. The molecule has 0 radical (unpaired) electrons. The van der Waals surface area contributed by atoms with Gasteiger partial charge < -0.3 is 36.0 Å². The number of nitrogens with one attached hydrogen (secondary N) is 3. The van der Waals surface area contributed by atoms with Crippen molar-refractivity contribution < 1.29 is 34.0 Å². The summed E-state index contributed by atoms with van der Waals surface area (Å²) in [5.74, 6) is 0.159. The lowest BCUT2D eigenvalue weighted by Gasteiger charge is -2.44. The fourth-order valence-corrected chi connectivity index (χ4v) is 4.69. The molecule has 2 saturated heterocycles. The Morgan fingerprint density at radius 1 is 1.22 bits per heavy atom. The van der Waals surface area contributed by atoms with E-state index in [9.17, 15) is 29.3 Å². The average molecular weight is 482 g/mol. The van der Waals surface area contributed by atoms with E-state index in [2.05, 4.69) is 16.0 Å². The maximum atomic E-state index is 13.0. The number of carbonyl (C=O) groups is 2. The molecule has 0 aromatic rings. The first kappa shape index (κ1) is 27.2. The Morgan fingerprint density at radius 2 is 1.97 bits per heavy atom. The number of carbonyl (C=O) groups excluding carboxylic acids is 2. The summed E-state index contributed by atoms with van der Waals surface area (Å²) < 4.78 is 18.1. The van der Waals surface area contributed by atoms with Crippen LogP contribution in [-0.2, 0) is 14.3 Å². The molecule has 32 heavy (non-hydrogen) atoms. The highest BCUT2D eigenvalue weighted by molar-refractivity contribution is 6.21. The molecule has 2 amide bonds. The lowest BCUT2D eigenvalue weighted by molar-refractivity contribution is -0.226. The molecule has 0 saturated carbocycles. The zero-order valence-electron chi connectivity index (χ0n) is 18.5. The van der Waals surface area contributed by atoms with Crippen LogP contribution < -0.4 is 16.0 Å². The summed E-state index contributed by atoms with van der Waals surface area (Å²) in [4.78, 5) is 23.6. The van der Waals surface area contributed by atoms with Gasteiger partial charge in [0.25, 0.3) is 0 Å². The second-order valence-electron chi connectivity index (χ2n) is 8.77. The zero-order chi connectivity index (χ0) is 23.7. The van der Waals surface area contributed by atoms with Gasteiger partial charge in [-0.3, -0.25) is 14.0 Å². The molecule has 11 heteroatoms. The van der Waals surface area contributed by atoms with Crippen LogP contribution in [-0.4, -0.2) is 95.4 Å². The quantitative estimate of drug-likeness (QED) is 0.134. The van der Waals surface area contributed by atoms with Gasteiger partial charge in [0.15, 0.2) is 0 Å². The van der Waals surface area contributed by atoms with Crippen LogP contribution in [0, 0.1) is 5.92 Å². The summed E-state index contributed by atoms with van der Waals surface area (Å²) in [7, 11) is 0. The molecule has 2 rings (SSSR count). The monoisotopic (exact) mass is 481 g/mol. The lowest BCUT2D eigenvalue weighted by Crippen LogP contribution is -2.66. The van der Waals surface area contributed by atoms with Gasteiger partial charge in [-0.15, -0.1) is 11.6 Å². The Morgan fingerprint density at radius 3 is 2.62 bits per heavy atom. The zero-order valence-corrected chi connectivity index (χ0v) is 19.2. The van der Waals surface area contributed by atoms with Gasteiger partial charge >= 0.3 is 0 Å². The Labute approximate surface area is 193 Å². The number of hydrogen-bond acceptors (Lipinski definition) is 7. The van der Waals surface area contributed by atoms with Crippen molar-refractivity contribution in [3.05, 3.63) is 0 Å². The largest absolute Gasteiger partial charge is 0.388 e. The van der Waals surface area contributed by atoms with Gasteiger partial charge in [-0.1, -0.05) is 12.8 Å². The Kier molecular flexibility index (Phi) is 11.6. The standard InChI is InChI=1S/C21H37ClFN3O6/c1-12(22)16(20-19(30)18(29)17(28)15(32-20)10-24-11-27)26-21(31)14-6-5-13(7-9-25-14)4-2-3-8-23/h11-20,25,28-30H,2-10H2,1H3,(H,24,27)(H,26,31)/t12-,13-,14-,15?,16+,17-,18?,19?,20+/m0/s1. The third kappa shape index (κ3) is 7.50. The number of unbranched alkanes of at least 4 members (excludes halogenated alkanes) is 1. The van der Waals surface area contributed by atoms with Crippen LogP contribution in [0.4, 0.5) is 4.39 Å². The van der Waals surface area contributed by atoms with E-state index in [1.165, 1.54) is 0 Å². The van der Waals surface area contributed by atoms with E-state index in [1.807, 2.05) is 0 Å². The fraction of sp³-hybridized carbons (Fsp3) is 0.905. The molecule has 9 atom stereocenters. The molecular formula is C21H37ClFN3O6. The predicted octanol–water partition coefficient (Wildman–Crippen LogP) is -0.407. The minimum absolute atomic E-state index is 0.0732. The molecular weight excluding hydrogens is 445 g/mol. The first-order valence-electron chi connectivity index (χ1n) is 11.4. The summed E-state index contributed by atoms with van der Waals surface area (Å²) >= 11 is 6.32. The number of ether oxygens (including phenoxy) is 1. The Bertz CT molecular complexity index is 590. The average Bonchev–Trinajstić information content (AvgIpc) is 3.01. The summed E-state index contributed by atoms with van der Waals surface area (Å²) in [6, 6.07) is -1.28. The molecule has 0 aromatic carbocycles. The van der Waals surface area contributed by atoms with E-state index >= 15 is 0 Å². The number of hydrogen-bond donors (Lipinski definition) is 6. The molecule has 6 N–H and O–H groups in total. The topological polar surface area (TPSA) is 140 Å². The van der Waals surface area contributed by atoms with Crippen molar-refractivity contribution in [2.24, 2.45) is 5.92 Å². The predicted molar refractivity (Wildman–Crippen MR) is 117 cm³/mol.